The summed E-state index contributed by atoms with van der Waals surface area (Å²) in [5, 5.41) is 12.1. The summed E-state index contributed by atoms with van der Waals surface area (Å²) in [5.74, 6) is 0.0446. The van der Waals surface area contributed by atoms with E-state index in [1.54, 1.807) is 32.4 Å². The number of carboxylic acid groups (broad SMARTS) is 1. The number of hydrogen-bond donors (Lipinski definition) is 1. The van der Waals surface area contributed by atoms with Crippen LogP contribution in [0.3, 0.4) is 0 Å². The molecule has 1 aromatic heterocycles. The molecule has 0 saturated carbocycles. The van der Waals surface area contributed by atoms with E-state index in [9.17, 15) is 9.90 Å². The van der Waals surface area contributed by atoms with Gasteiger partial charge in [0.25, 0.3) is 0 Å². The number of hydrogen-bond acceptors (Lipinski definition) is 6. The topological polar surface area (TPSA) is 77.9 Å². The van der Waals surface area contributed by atoms with Crippen LogP contribution in [0.2, 0.25) is 0 Å². The first kappa shape index (κ1) is 18.9. The SMILES string of the molecule is COCc1cc(-c2nc(-c3ccc(OC)c(C(=O)O)c3)cs2)ccc1OC. The Morgan fingerprint density at radius 2 is 1.74 bits per heavy atom. The normalized spacial score (nSPS) is 10.6. The zero-order valence-corrected chi connectivity index (χ0v) is 16.0. The summed E-state index contributed by atoms with van der Waals surface area (Å²) >= 11 is 1.49. The van der Waals surface area contributed by atoms with Crippen LogP contribution >= 0.6 is 11.3 Å². The number of aromatic carboxylic acids is 1. The van der Waals surface area contributed by atoms with Crippen molar-refractivity contribution in [2.75, 3.05) is 21.3 Å². The van der Waals surface area contributed by atoms with E-state index in [-0.39, 0.29) is 5.56 Å². The Morgan fingerprint density at radius 3 is 2.41 bits per heavy atom. The van der Waals surface area contributed by atoms with E-state index in [2.05, 4.69) is 4.98 Å². The summed E-state index contributed by atoms with van der Waals surface area (Å²) in [6.45, 7) is 0.440. The molecule has 6 nitrogen and oxygen atoms in total. The van der Waals surface area contributed by atoms with Gasteiger partial charge in [0.15, 0.2) is 0 Å². The van der Waals surface area contributed by atoms with Crippen molar-refractivity contribution < 1.29 is 24.1 Å². The van der Waals surface area contributed by atoms with Gasteiger partial charge >= 0.3 is 5.97 Å². The smallest absolute Gasteiger partial charge is 0.339 e. The minimum Gasteiger partial charge on any atom is -0.496 e. The molecular formula is C20H19NO5S. The van der Waals surface area contributed by atoms with Crippen LogP contribution < -0.4 is 9.47 Å². The number of methoxy groups -OCH3 is 3. The molecule has 0 unspecified atom stereocenters. The van der Waals surface area contributed by atoms with E-state index in [4.69, 9.17) is 14.2 Å². The van der Waals surface area contributed by atoms with Gasteiger partial charge in [0, 0.05) is 29.2 Å². The fourth-order valence-corrected chi connectivity index (χ4v) is 3.58. The number of carbonyl (C=O) groups is 1. The summed E-state index contributed by atoms with van der Waals surface area (Å²) in [6.07, 6.45) is 0. The van der Waals surface area contributed by atoms with E-state index < -0.39 is 5.97 Å². The number of thiazole rings is 1. The monoisotopic (exact) mass is 385 g/mol. The molecule has 0 amide bonds. The van der Waals surface area contributed by atoms with Crippen LogP contribution in [0, 0.1) is 0 Å². The van der Waals surface area contributed by atoms with Crippen molar-refractivity contribution in [1.82, 2.24) is 4.98 Å². The Hall–Kier alpha value is -2.90. The first-order valence-electron chi connectivity index (χ1n) is 8.10. The maximum atomic E-state index is 11.4. The molecule has 140 valence electrons. The number of carboxylic acids is 1. The van der Waals surface area contributed by atoms with Gasteiger partial charge in [0.1, 0.15) is 22.1 Å². The molecule has 27 heavy (non-hydrogen) atoms. The summed E-state index contributed by atoms with van der Waals surface area (Å²) < 4.78 is 15.7. The Balaban J connectivity index is 1.97. The highest BCUT2D eigenvalue weighted by molar-refractivity contribution is 7.13. The summed E-state index contributed by atoms with van der Waals surface area (Å²) in [7, 11) is 4.71. The molecule has 0 aliphatic heterocycles. The maximum absolute atomic E-state index is 11.4. The van der Waals surface area contributed by atoms with E-state index in [0.717, 1.165) is 27.4 Å². The summed E-state index contributed by atoms with van der Waals surface area (Å²) in [6, 6.07) is 10.8. The van der Waals surface area contributed by atoms with Gasteiger partial charge in [-0.3, -0.25) is 0 Å². The minimum absolute atomic E-state index is 0.108. The predicted octanol–water partition coefficient (Wildman–Crippen LogP) is 4.34. The lowest BCUT2D eigenvalue weighted by atomic mass is 10.1. The average molecular weight is 385 g/mol. The molecule has 0 bridgehead atoms. The Morgan fingerprint density at radius 1 is 1.04 bits per heavy atom. The van der Waals surface area contributed by atoms with Crippen molar-refractivity contribution >= 4 is 17.3 Å². The standard InChI is InChI=1S/C20H19NO5S/c1-24-10-14-8-13(5-6-17(14)25-2)19-21-16(11-27-19)12-4-7-18(26-3)15(9-12)20(22)23/h4-9,11H,10H2,1-3H3,(H,22,23). The minimum atomic E-state index is -1.04. The van der Waals surface area contributed by atoms with Gasteiger partial charge in [0.05, 0.1) is 26.5 Å². The molecule has 1 heterocycles. The van der Waals surface area contributed by atoms with Crippen molar-refractivity contribution in [3.63, 3.8) is 0 Å². The number of nitrogens with zero attached hydrogens (tertiary/aromatic N) is 1. The fourth-order valence-electron chi connectivity index (χ4n) is 2.75. The molecule has 1 N–H and O–H groups in total. The molecule has 3 aromatic rings. The molecule has 2 aromatic carbocycles. The third-order valence-electron chi connectivity index (χ3n) is 4.06. The molecule has 7 heteroatoms. The van der Waals surface area contributed by atoms with Crippen molar-refractivity contribution in [2.45, 2.75) is 6.61 Å². The zero-order chi connectivity index (χ0) is 19.4. The van der Waals surface area contributed by atoms with Crippen LogP contribution in [0.15, 0.2) is 41.8 Å². The van der Waals surface area contributed by atoms with Crippen LogP contribution in [0.1, 0.15) is 15.9 Å². The van der Waals surface area contributed by atoms with Gasteiger partial charge < -0.3 is 19.3 Å². The highest BCUT2D eigenvalue weighted by atomic mass is 32.1. The van der Waals surface area contributed by atoms with Crippen molar-refractivity contribution in [2.24, 2.45) is 0 Å². The first-order chi connectivity index (χ1) is 13.1. The molecule has 0 aliphatic carbocycles. The van der Waals surface area contributed by atoms with E-state index in [0.29, 0.717) is 18.1 Å². The number of aromatic nitrogens is 1. The number of benzene rings is 2. The largest absolute Gasteiger partial charge is 0.496 e. The summed E-state index contributed by atoms with van der Waals surface area (Å²) in [4.78, 5) is 16.1. The van der Waals surface area contributed by atoms with Gasteiger partial charge in [-0.1, -0.05) is 0 Å². The van der Waals surface area contributed by atoms with Crippen molar-refractivity contribution in [3.05, 3.63) is 52.9 Å². The first-order valence-corrected chi connectivity index (χ1v) is 8.98. The third-order valence-corrected chi connectivity index (χ3v) is 4.95. The molecule has 3 rings (SSSR count). The van der Waals surface area contributed by atoms with Crippen LogP contribution in [0.25, 0.3) is 21.8 Å². The van der Waals surface area contributed by atoms with E-state index >= 15 is 0 Å². The Kier molecular flexibility index (Phi) is 5.73. The third kappa shape index (κ3) is 3.94. The molecule has 0 radical (unpaired) electrons. The summed E-state index contributed by atoms with van der Waals surface area (Å²) in [5.41, 5.74) is 3.43. The Labute approximate surface area is 161 Å². The number of ether oxygens (including phenoxy) is 3. The van der Waals surface area contributed by atoms with Gasteiger partial charge in [-0.15, -0.1) is 11.3 Å². The zero-order valence-electron chi connectivity index (χ0n) is 15.2. The van der Waals surface area contributed by atoms with Gasteiger partial charge in [-0.25, -0.2) is 9.78 Å². The molecule has 0 fully saturated rings. The molecular weight excluding hydrogens is 366 g/mol. The predicted molar refractivity (Wildman–Crippen MR) is 104 cm³/mol. The second kappa shape index (κ2) is 8.20. The Bertz CT molecular complexity index is 967. The molecule has 0 aliphatic rings. The van der Waals surface area contributed by atoms with E-state index in [1.807, 2.05) is 23.6 Å². The fraction of sp³-hybridized carbons (Fsp3) is 0.200. The van der Waals surface area contributed by atoms with Crippen LogP contribution in [0.5, 0.6) is 11.5 Å². The number of rotatable bonds is 7. The molecule has 0 saturated heterocycles. The van der Waals surface area contributed by atoms with Crippen molar-refractivity contribution in [1.29, 1.82) is 0 Å². The lowest BCUT2D eigenvalue weighted by Crippen LogP contribution is -2.00. The second-order valence-corrected chi connectivity index (χ2v) is 6.58. The van der Waals surface area contributed by atoms with Crippen LogP contribution in [-0.4, -0.2) is 37.4 Å². The molecule has 0 spiro atoms. The van der Waals surface area contributed by atoms with Gasteiger partial charge in [0.2, 0.25) is 0 Å². The second-order valence-electron chi connectivity index (χ2n) is 5.72. The van der Waals surface area contributed by atoms with Crippen LogP contribution in [0.4, 0.5) is 0 Å². The average Bonchev–Trinajstić information content (AvgIpc) is 3.18. The quantitative estimate of drug-likeness (QED) is 0.652. The van der Waals surface area contributed by atoms with Gasteiger partial charge in [-0.2, -0.15) is 0 Å². The highest BCUT2D eigenvalue weighted by Crippen LogP contribution is 2.33. The van der Waals surface area contributed by atoms with Crippen molar-refractivity contribution in [3.8, 4) is 33.3 Å². The van der Waals surface area contributed by atoms with E-state index in [1.165, 1.54) is 18.4 Å². The molecule has 0 atom stereocenters. The van der Waals surface area contributed by atoms with Gasteiger partial charge in [-0.05, 0) is 36.4 Å². The maximum Gasteiger partial charge on any atom is 0.339 e. The van der Waals surface area contributed by atoms with Crippen LogP contribution in [-0.2, 0) is 11.3 Å². The highest BCUT2D eigenvalue weighted by Gasteiger charge is 2.15. The lowest BCUT2D eigenvalue weighted by molar-refractivity contribution is 0.0693. The lowest BCUT2D eigenvalue weighted by Gasteiger charge is -2.09.